The lowest BCUT2D eigenvalue weighted by Crippen LogP contribution is -2.03. The Bertz CT molecular complexity index is 539. The summed E-state index contributed by atoms with van der Waals surface area (Å²) in [6.07, 6.45) is 2.47. The van der Waals surface area contributed by atoms with Gasteiger partial charge in [-0.25, -0.2) is 0 Å². The van der Waals surface area contributed by atoms with E-state index in [9.17, 15) is 4.79 Å². The van der Waals surface area contributed by atoms with Crippen molar-refractivity contribution in [3.63, 3.8) is 0 Å². The van der Waals surface area contributed by atoms with Gasteiger partial charge in [0.2, 0.25) is 5.91 Å². The van der Waals surface area contributed by atoms with Crippen LogP contribution in [0.15, 0.2) is 18.3 Å². The zero-order valence-electron chi connectivity index (χ0n) is 7.85. The van der Waals surface area contributed by atoms with E-state index in [1.54, 1.807) is 0 Å². The molecule has 0 fully saturated rings. The summed E-state index contributed by atoms with van der Waals surface area (Å²) in [6, 6.07) is 4.02. The molecule has 0 aliphatic carbocycles. The highest BCUT2D eigenvalue weighted by Crippen LogP contribution is 2.31. The summed E-state index contributed by atoms with van der Waals surface area (Å²) < 4.78 is 0. The first kappa shape index (κ1) is 7.62. The number of hydrogen-bond acceptors (Lipinski definition) is 1. The van der Waals surface area contributed by atoms with Crippen molar-refractivity contribution in [2.45, 2.75) is 13.3 Å². The smallest absolute Gasteiger partial charge is 0.228 e. The number of hydrogen-bond donors (Lipinski definition) is 2. The third-order valence-corrected chi connectivity index (χ3v) is 2.78. The number of fused-ring (bicyclic) bond motifs is 3. The molecular weight excluding hydrogens is 176 g/mol. The van der Waals surface area contributed by atoms with Gasteiger partial charge in [-0.1, -0.05) is 6.07 Å². The van der Waals surface area contributed by atoms with Crippen LogP contribution in [0.25, 0.3) is 10.9 Å². The fourth-order valence-electron chi connectivity index (χ4n) is 2.06. The largest absolute Gasteiger partial charge is 0.361 e. The highest BCUT2D eigenvalue weighted by Gasteiger charge is 2.20. The van der Waals surface area contributed by atoms with E-state index >= 15 is 0 Å². The topological polar surface area (TPSA) is 44.9 Å². The minimum Gasteiger partial charge on any atom is -0.361 e. The molecule has 70 valence electrons. The van der Waals surface area contributed by atoms with E-state index in [-0.39, 0.29) is 5.91 Å². The van der Waals surface area contributed by atoms with Crippen LogP contribution in [0.2, 0.25) is 0 Å². The number of aryl methyl sites for hydroxylation is 1. The number of aromatic amines is 1. The minimum absolute atomic E-state index is 0.0831. The van der Waals surface area contributed by atoms with Crippen LogP contribution in [0.4, 0.5) is 5.69 Å². The highest BCUT2D eigenvalue weighted by atomic mass is 16.1. The SMILES string of the molecule is Cc1c[nH]c2c3c(ccc12)NC(=O)C3. The molecule has 0 bridgehead atoms. The predicted octanol–water partition coefficient (Wildman–Crippen LogP) is 1.97. The van der Waals surface area contributed by atoms with Crippen molar-refractivity contribution in [1.29, 1.82) is 0 Å². The number of benzene rings is 1. The Hall–Kier alpha value is -1.77. The van der Waals surface area contributed by atoms with Crippen molar-refractivity contribution in [2.75, 3.05) is 5.32 Å². The van der Waals surface area contributed by atoms with Gasteiger partial charge in [0, 0.05) is 22.8 Å². The lowest BCUT2D eigenvalue weighted by molar-refractivity contribution is -0.115. The Morgan fingerprint density at radius 1 is 1.36 bits per heavy atom. The van der Waals surface area contributed by atoms with Crippen LogP contribution in [-0.2, 0) is 11.2 Å². The van der Waals surface area contributed by atoms with E-state index in [2.05, 4.69) is 17.2 Å². The highest BCUT2D eigenvalue weighted by molar-refractivity contribution is 6.05. The lowest BCUT2D eigenvalue weighted by Gasteiger charge is -1.99. The van der Waals surface area contributed by atoms with Crippen LogP contribution in [-0.4, -0.2) is 10.9 Å². The third kappa shape index (κ3) is 0.839. The van der Waals surface area contributed by atoms with Crippen LogP contribution in [0.3, 0.4) is 0 Å². The van der Waals surface area contributed by atoms with Crippen LogP contribution < -0.4 is 5.32 Å². The van der Waals surface area contributed by atoms with Crippen molar-refractivity contribution >= 4 is 22.5 Å². The summed E-state index contributed by atoms with van der Waals surface area (Å²) in [5, 5.41) is 4.05. The number of H-pyrrole nitrogens is 1. The molecule has 0 unspecified atom stereocenters. The van der Waals surface area contributed by atoms with E-state index in [1.165, 1.54) is 10.9 Å². The molecule has 0 spiro atoms. The zero-order chi connectivity index (χ0) is 9.71. The molecule has 1 aromatic heterocycles. The van der Waals surface area contributed by atoms with Gasteiger partial charge < -0.3 is 10.3 Å². The van der Waals surface area contributed by atoms with Crippen LogP contribution in [0.5, 0.6) is 0 Å². The van der Waals surface area contributed by atoms with Crippen molar-refractivity contribution in [3.05, 3.63) is 29.5 Å². The number of carbonyl (C=O) groups is 1. The molecule has 2 heterocycles. The van der Waals surface area contributed by atoms with Gasteiger partial charge in [-0.15, -0.1) is 0 Å². The Kier molecular flexibility index (Phi) is 1.29. The molecule has 2 aromatic rings. The normalized spacial score (nSPS) is 14.5. The Labute approximate surface area is 81.1 Å². The molecular formula is C11H10N2O. The summed E-state index contributed by atoms with van der Waals surface area (Å²) in [7, 11) is 0. The molecule has 14 heavy (non-hydrogen) atoms. The summed E-state index contributed by atoms with van der Waals surface area (Å²) >= 11 is 0. The second-order valence-electron chi connectivity index (χ2n) is 3.71. The summed E-state index contributed by atoms with van der Waals surface area (Å²) in [4.78, 5) is 14.4. The fraction of sp³-hybridized carbons (Fsp3) is 0.182. The second kappa shape index (κ2) is 2.38. The van der Waals surface area contributed by atoms with E-state index in [1.807, 2.05) is 18.3 Å². The molecule has 1 aromatic carbocycles. The number of amides is 1. The molecule has 1 aliphatic rings. The van der Waals surface area contributed by atoms with Crippen LogP contribution in [0.1, 0.15) is 11.1 Å². The molecule has 3 heteroatoms. The molecule has 0 saturated carbocycles. The number of aromatic nitrogens is 1. The maximum Gasteiger partial charge on any atom is 0.228 e. The average Bonchev–Trinajstić information content (AvgIpc) is 2.68. The van der Waals surface area contributed by atoms with Gasteiger partial charge in [0.05, 0.1) is 11.9 Å². The van der Waals surface area contributed by atoms with E-state index in [0.717, 1.165) is 16.8 Å². The van der Waals surface area contributed by atoms with E-state index in [4.69, 9.17) is 0 Å². The predicted molar refractivity (Wildman–Crippen MR) is 55.4 cm³/mol. The van der Waals surface area contributed by atoms with Crippen LogP contribution in [0, 0.1) is 6.92 Å². The first-order valence-electron chi connectivity index (χ1n) is 4.65. The molecule has 3 nitrogen and oxygen atoms in total. The average molecular weight is 186 g/mol. The number of nitrogens with one attached hydrogen (secondary N) is 2. The Morgan fingerprint density at radius 2 is 2.21 bits per heavy atom. The maximum atomic E-state index is 11.2. The van der Waals surface area contributed by atoms with Crippen molar-refractivity contribution in [1.82, 2.24) is 4.98 Å². The molecule has 1 aliphatic heterocycles. The molecule has 0 atom stereocenters. The number of carbonyl (C=O) groups excluding carboxylic acids is 1. The zero-order valence-corrected chi connectivity index (χ0v) is 7.85. The van der Waals surface area contributed by atoms with Crippen molar-refractivity contribution < 1.29 is 4.79 Å². The minimum atomic E-state index is 0.0831. The molecule has 1 amide bonds. The van der Waals surface area contributed by atoms with E-state index < -0.39 is 0 Å². The summed E-state index contributed by atoms with van der Waals surface area (Å²) in [5.74, 6) is 0.0831. The molecule has 2 N–H and O–H groups in total. The van der Waals surface area contributed by atoms with Crippen molar-refractivity contribution in [3.8, 4) is 0 Å². The monoisotopic (exact) mass is 186 g/mol. The lowest BCUT2D eigenvalue weighted by atomic mass is 10.1. The molecule has 0 radical (unpaired) electrons. The molecule has 3 rings (SSSR count). The van der Waals surface area contributed by atoms with Gasteiger partial charge in [-0.3, -0.25) is 4.79 Å². The number of rotatable bonds is 0. The van der Waals surface area contributed by atoms with Crippen molar-refractivity contribution in [2.24, 2.45) is 0 Å². The second-order valence-corrected chi connectivity index (χ2v) is 3.71. The standard InChI is InChI=1S/C11H10N2O/c1-6-5-12-11-7(6)2-3-9-8(11)4-10(14)13-9/h2-3,5,12H,4H2,1H3,(H,13,14). The third-order valence-electron chi connectivity index (χ3n) is 2.78. The van der Waals surface area contributed by atoms with Gasteiger partial charge in [0.15, 0.2) is 0 Å². The Balaban J connectivity index is 2.39. The van der Waals surface area contributed by atoms with Gasteiger partial charge in [-0.05, 0) is 18.6 Å². The first-order valence-corrected chi connectivity index (χ1v) is 4.65. The van der Waals surface area contributed by atoms with Gasteiger partial charge in [0.1, 0.15) is 0 Å². The number of anilines is 1. The summed E-state index contributed by atoms with van der Waals surface area (Å²) in [5.41, 5.74) is 4.37. The van der Waals surface area contributed by atoms with Gasteiger partial charge >= 0.3 is 0 Å². The fourth-order valence-corrected chi connectivity index (χ4v) is 2.06. The van der Waals surface area contributed by atoms with Gasteiger partial charge in [-0.2, -0.15) is 0 Å². The quantitative estimate of drug-likeness (QED) is 0.649. The summed E-state index contributed by atoms with van der Waals surface area (Å²) in [6.45, 7) is 2.06. The van der Waals surface area contributed by atoms with Crippen LogP contribution >= 0.6 is 0 Å². The van der Waals surface area contributed by atoms with Gasteiger partial charge in [0.25, 0.3) is 0 Å². The molecule has 0 saturated heterocycles. The maximum absolute atomic E-state index is 11.2. The Morgan fingerprint density at radius 3 is 3.07 bits per heavy atom. The first-order chi connectivity index (χ1) is 6.75. The van der Waals surface area contributed by atoms with E-state index in [0.29, 0.717) is 6.42 Å².